The molecule has 3 aromatic rings. The average Bonchev–Trinajstić information content (AvgIpc) is 3.08. The number of hydrogen-bond donors (Lipinski definition) is 2. The second-order valence-electron chi connectivity index (χ2n) is 5.50. The van der Waals surface area contributed by atoms with E-state index in [-0.39, 0.29) is 6.03 Å². The van der Waals surface area contributed by atoms with Crippen molar-refractivity contribution in [2.75, 3.05) is 5.32 Å². The van der Waals surface area contributed by atoms with Crippen molar-refractivity contribution in [2.24, 2.45) is 14.1 Å². The smallest absolute Gasteiger partial charge is 0.319 e. The summed E-state index contributed by atoms with van der Waals surface area (Å²) in [7, 11) is 3.80. The van der Waals surface area contributed by atoms with Gasteiger partial charge in [0.15, 0.2) is 0 Å². The number of benzene rings is 1. The summed E-state index contributed by atoms with van der Waals surface area (Å²) in [6.45, 7) is 2.45. The summed E-state index contributed by atoms with van der Waals surface area (Å²) in [4.78, 5) is 16.4. The predicted molar refractivity (Wildman–Crippen MR) is 89.2 cm³/mol. The lowest BCUT2D eigenvalue weighted by atomic mass is 10.2. The first-order chi connectivity index (χ1) is 11.1. The number of urea groups is 1. The van der Waals surface area contributed by atoms with Gasteiger partial charge in [0.25, 0.3) is 0 Å². The van der Waals surface area contributed by atoms with E-state index in [1.807, 2.05) is 43.8 Å². The minimum atomic E-state index is -0.242. The zero-order valence-electron chi connectivity index (χ0n) is 13.5. The van der Waals surface area contributed by atoms with Gasteiger partial charge >= 0.3 is 6.03 Å². The fourth-order valence-corrected chi connectivity index (χ4v) is 2.54. The van der Waals surface area contributed by atoms with Crippen molar-refractivity contribution in [3.05, 3.63) is 42.0 Å². The Labute approximate surface area is 134 Å². The molecule has 0 bridgehead atoms. The zero-order chi connectivity index (χ0) is 16.4. The lowest BCUT2D eigenvalue weighted by Crippen LogP contribution is -2.28. The molecule has 2 amide bonds. The van der Waals surface area contributed by atoms with Crippen molar-refractivity contribution in [2.45, 2.75) is 19.9 Å². The van der Waals surface area contributed by atoms with Crippen molar-refractivity contribution in [3.8, 4) is 0 Å². The first kappa shape index (κ1) is 15.1. The van der Waals surface area contributed by atoms with Gasteiger partial charge < -0.3 is 15.2 Å². The number of aromatic nitrogens is 4. The first-order valence-electron chi connectivity index (χ1n) is 7.54. The molecule has 2 aromatic heterocycles. The van der Waals surface area contributed by atoms with E-state index < -0.39 is 0 Å². The summed E-state index contributed by atoms with van der Waals surface area (Å²) in [5.74, 6) is 0. The van der Waals surface area contributed by atoms with Crippen LogP contribution in [0.4, 0.5) is 10.5 Å². The van der Waals surface area contributed by atoms with Crippen LogP contribution in [0.2, 0.25) is 0 Å². The van der Waals surface area contributed by atoms with Crippen LogP contribution >= 0.6 is 0 Å². The lowest BCUT2D eigenvalue weighted by molar-refractivity contribution is 0.251. The summed E-state index contributed by atoms with van der Waals surface area (Å²) in [6, 6.07) is 5.74. The van der Waals surface area contributed by atoms with Gasteiger partial charge in [0.05, 0.1) is 28.7 Å². The molecule has 1 aromatic carbocycles. The molecule has 3 rings (SSSR count). The fraction of sp³-hybridized carbons (Fsp3) is 0.312. The molecule has 0 spiro atoms. The number of imidazole rings is 1. The van der Waals surface area contributed by atoms with Crippen molar-refractivity contribution in [1.82, 2.24) is 24.6 Å². The third-order valence-electron chi connectivity index (χ3n) is 3.73. The van der Waals surface area contributed by atoms with Crippen molar-refractivity contribution in [1.29, 1.82) is 0 Å². The van der Waals surface area contributed by atoms with E-state index in [0.29, 0.717) is 6.54 Å². The van der Waals surface area contributed by atoms with Gasteiger partial charge in [-0.1, -0.05) is 13.0 Å². The molecule has 7 heteroatoms. The van der Waals surface area contributed by atoms with E-state index in [9.17, 15) is 4.79 Å². The van der Waals surface area contributed by atoms with Gasteiger partial charge in [-0.2, -0.15) is 5.10 Å². The molecule has 2 heterocycles. The van der Waals surface area contributed by atoms with Gasteiger partial charge in [0, 0.05) is 26.8 Å². The van der Waals surface area contributed by atoms with Crippen molar-refractivity contribution < 1.29 is 4.79 Å². The quantitative estimate of drug-likeness (QED) is 0.775. The second-order valence-corrected chi connectivity index (χ2v) is 5.50. The highest BCUT2D eigenvalue weighted by Crippen LogP contribution is 2.15. The fourth-order valence-electron chi connectivity index (χ4n) is 2.54. The predicted octanol–water partition coefficient (Wildman–Crippen LogP) is 2.19. The van der Waals surface area contributed by atoms with Crippen molar-refractivity contribution in [3.63, 3.8) is 0 Å². The van der Waals surface area contributed by atoms with E-state index in [0.717, 1.165) is 34.4 Å². The molecule has 7 nitrogen and oxygen atoms in total. The molecule has 0 saturated carbocycles. The third kappa shape index (κ3) is 3.18. The van der Waals surface area contributed by atoms with E-state index in [1.165, 1.54) is 0 Å². The Morgan fingerprint density at radius 3 is 2.91 bits per heavy atom. The van der Waals surface area contributed by atoms with Gasteiger partial charge in [0.2, 0.25) is 0 Å². The van der Waals surface area contributed by atoms with Crippen LogP contribution in [0.25, 0.3) is 11.0 Å². The van der Waals surface area contributed by atoms with Crippen LogP contribution in [-0.4, -0.2) is 25.4 Å². The summed E-state index contributed by atoms with van der Waals surface area (Å²) >= 11 is 0. The number of fused-ring (bicyclic) bond motifs is 1. The number of hydrogen-bond acceptors (Lipinski definition) is 3. The molecule has 2 N–H and O–H groups in total. The van der Waals surface area contributed by atoms with E-state index in [4.69, 9.17) is 0 Å². The first-order valence-corrected chi connectivity index (χ1v) is 7.54. The Kier molecular flexibility index (Phi) is 4.01. The van der Waals surface area contributed by atoms with E-state index >= 15 is 0 Å². The summed E-state index contributed by atoms with van der Waals surface area (Å²) in [6.07, 6.45) is 4.36. The van der Waals surface area contributed by atoms with Crippen LogP contribution in [0.5, 0.6) is 0 Å². The largest absolute Gasteiger partial charge is 0.334 e. The Morgan fingerprint density at radius 2 is 2.13 bits per heavy atom. The summed E-state index contributed by atoms with van der Waals surface area (Å²) in [5.41, 5.74) is 4.62. The highest BCUT2D eigenvalue weighted by Gasteiger charge is 2.09. The lowest BCUT2D eigenvalue weighted by Gasteiger charge is -2.07. The maximum absolute atomic E-state index is 12.1. The SMILES string of the molecule is CCc1nn(C)cc1NC(=O)NCc1ccc2c(c1)ncn2C. The molecule has 0 fully saturated rings. The molecular weight excluding hydrogens is 292 g/mol. The Hall–Kier alpha value is -2.83. The van der Waals surface area contributed by atoms with Gasteiger partial charge in [-0.3, -0.25) is 4.68 Å². The maximum atomic E-state index is 12.1. The van der Waals surface area contributed by atoms with Gasteiger partial charge in [-0.25, -0.2) is 9.78 Å². The van der Waals surface area contributed by atoms with Gasteiger partial charge in [-0.15, -0.1) is 0 Å². The molecule has 120 valence electrons. The molecule has 23 heavy (non-hydrogen) atoms. The van der Waals surface area contributed by atoms with Crippen molar-refractivity contribution >= 4 is 22.8 Å². The van der Waals surface area contributed by atoms with Crippen LogP contribution in [0, 0.1) is 0 Å². The topological polar surface area (TPSA) is 76.8 Å². The molecule has 0 radical (unpaired) electrons. The number of rotatable bonds is 4. The number of carbonyl (C=O) groups excluding carboxylic acids is 1. The number of nitrogens with zero attached hydrogens (tertiary/aromatic N) is 4. The maximum Gasteiger partial charge on any atom is 0.319 e. The summed E-state index contributed by atoms with van der Waals surface area (Å²) < 4.78 is 3.66. The highest BCUT2D eigenvalue weighted by molar-refractivity contribution is 5.89. The summed E-state index contributed by atoms with van der Waals surface area (Å²) in [5, 5.41) is 10.00. The number of aryl methyl sites for hydroxylation is 3. The minimum Gasteiger partial charge on any atom is -0.334 e. The monoisotopic (exact) mass is 312 g/mol. The molecular formula is C16H20N6O. The zero-order valence-corrected chi connectivity index (χ0v) is 13.5. The second kappa shape index (κ2) is 6.12. The normalized spacial score (nSPS) is 10.9. The third-order valence-corrected chi connectivity index (χ3v) is 3.73. The Balaban J connectivity index is 1.63. The molecule has 0 saturated heterocycles. The van der Waals surface area contributed by atoms with Gasteiger partial charge in [0.1, 0.15) is 0 Å². The van der Waals surface area contributed by atoms with Crippen LogP contribution < -0.4 is 10.6 Å². The molecule has 0 aliphatic heterocycles. The molecule has 0 aliphatic carbocycles. The Morgan fingerprint density at radius 1 is 1.30 bits per heavy atom. The minimum absolute atomic E-state index is 0.242. The number of carbonyl (C=O) groups is 1. The number of amides is 2. The standard InChI is InChI=1S/C16H20N6O/c1-4-12-14(9-22(3)20-12)19-16(23)17-8-11-5-6-15-13(7-11)18-10-21(15)2/h5-7,9-10H,4,8H2,1-3H3,(H2,17,19,23). The number of anilines is 1. The average molecular weight is 312 g/mol. The van der Waals surface area contributed by atoms with Gasteiger partial charge in [-0.05, 0) is 24.1 Å². The Bertz CT molecular complexity index is 847. The van der Waals surface area contributed by atoms with Crippen LogP contribution in [0.1, 0.15) is 18.2 Å². The van der Waals surface area contributed by atoms with Crippen LogP contribution in [0.3, 0.4) is 0 Å². The van der Waals surface area contributed by atoms with E-state index in [2.05, 4.69) is 20.7 Å². The molecule has 0 atom stereocenters. The van der Waals surface area contributed by atoms with Crippen LogP contribution in [-0.2, 0) is 27.1 Å². The number of nitrogens with one attached hydrogen (secondary N) is 2. The van der Waals surface area contributed by atoms with Crippen LogP contribution in [0.15, 0.2) is 30.7 Å². The molecule has 0 unspecified atom stereocenters. The van der Waals surface area contributed by atoms with E-state index in [1.54, 1.807) is 17.2 Å². The molecule has 0 aliphatic rings. The highest BCUT2D eigenvalue weighted by atomic mass is 16.2.